The molecule has 2 aliphatic carbocycles. The van der Waals surface area contributed by atoms with Crippen LogP contribution in [0.1, 0.15) is 60.3 Å². The zero-order chi connectivity index (χ0) is 48.9. The molecule has 0 radical (unpaired) electrons. The van der Waals surface area contributed by atoms with Crippen molar-refractivity contribution >= 4 is 63.7 Å². The second-order valence-corrected chi connectivity index (χ2v) is 20.3. The first-order valence-electron chi connectivity index (χ1n) is 25.4. The topological polar surface area (TPSA) is 255 Å². The Balaban J connectivity index is 0.000000155. The molecule has 376 valence electrons. The summed E-state index contributed by atoms with van der Waals surface area (Å²) in [4.78, 5) is 70.6. The lowest BCUT2D eigenvalue weighted by atomic mass is 10.1. The van der Waals surface area contributed by atoms with E-state index in [0.717, 1.165) is 117 Å². The number of nitrogens with zero attached hydrogens (tertiary/aromatic N) is 17. The number of fused-ring (bicyclic) bond motifs is 2. The summed E-state index contributed by atoms with van der Waals surface area (Å²) in [5.74, 6) is 6.57. The summed E-state index contributed by atoms with van der Waals surface area (Å²) >= 11 is 0. The first-order chi connectivity index (χ1) is 34.4. The van der Waals surface area contributed by atoms with Crippen molar-refractivity contribution in [3.63, 3.8) is 0 Å². The van der Waals surface area contributed by atoms with Gasteiger partial charge in [-0.3, -0.25) is 13.9 Å². The van der Waals surface area contributed by atoms with Crippen molar-refractivity contribution in [2.75, 3.05) is 110 Å². The summed E-state index contributed by atoms with van der Waals surface area (Å²) in [6, 6.07) is 0.959. The molecule has 6 aliphatic rings. The fourth-order valence-corrected chi connectivity index (χ4v) is 10.6. The minimum absolute atomic E-state index is 0.0859. The van der Waals surface area contributed by atoms with E-state index >= 15 is 0 Å². The Morgan fingerprint density at radius 2 is 0.972 bits per heavy atom. The molecule has 6 fully saturated rings. The maximum atomic E-state index is 12.3. The molecule has 0 spiro atoms. The molecule has 6 aromatic heterocycles. The molecule has 0 aromatic carbocycles. The predicted octanol–water partition coefficient (Wildman–Crippen LogP) is 2.86. The second kappa shape index (κ2) is 19.5. The van der Waals surface area contributed by atoms with Gasteiger partial charge in [0.15, 0.2) is 45.6 Å². The third-order valence-electron chi connectivity index (χ3n) is 14.3. The zero-order valence-corrected chi connectivity index (χ0v) is 41.5. The quantitative estimate of drug-likeness (QED) is 0.178. The Kier molecular flexibility index (Phi) is 12.9. The van der Waals surface area contributed by atoms with Crippen LogP contribution in [-0.4, -0.2) is 173 Å². The molecule has 2 saturated carbocycles. The van der Waals surface area contributed by atoms with Crippen LogP contribution in [0.2, 0.25) is 0 Å². The maximum Gasteiger partial charge on any atom is 0.220 e. The molecular weight excluding hydrogens is 905 g/mol. The van der Waals surface area contributed by atoms with Crippen LogP contribution >= 0.6 is 0 Å². The SMILES string of the molecule is CC(=O)N1[C@H](C)CN(c2nc3c(N4CCOCC4)nc(-c4cnc(N)nc4)nc3n2CC2CC2)C[C@@H]1C.C[C@@H]1CN(c2nc3c(N4CCOCC4)nc(-c4cnc(N)nc4)nc3n2CC2CC2)C[C@H](C)N1. The highest BCUT2D eigenvalue weighted by molar-refractivity contribution is 5.89. The number of anilines is 6. The van der Waals surface area contributed by atoms with Gasteiger partial charge in [-0.05, 0) is 65.2 Å². The number of hydrogen-bond donors (Lipinski definition) is 3. The number of nitrogens with one attached hydrogen (secondary N) is 1. The van der Waals surface area contributed by atoms with E-state index in [0.29, 0.717) is 67.6 Å². The number of carbonyl (C=O) groups is 1. The van der Waals surface area contributed by atoms with Gasteiger partial charge in [0.1, 0.15) is 0 Å². The maximum absolute atomic E-state index is 12.3. The highest BCUT2D eigenvalue weighted by atomic mass is 16.5. The third kappa shape index (κ3) is 9.90. The van der Waals surface area contributed by atoms with E-state index in [1.165, 1.54) is 25.7 Å². The molecule has 4 atom stereocenters. The first-order valence-corrected chi connectivity index (χ1v) is 25.4. The second-order valence-electron chi connectivity index (χ2n) is 20.3. The van der Waals surface area contributed by atoms with E-state index in [9.17, 15) is 4.79 Å². The van der Waals surface area contributed by atoms with Gasteiger partial charge >= 0.3 is 0 Å². The molecule has 4 aliphatic heterocycles. The largest absolute Gasteiger partial charge is 0.378 e. The van der Waals surface area contributed by atoms with Crippen molar-refractivity contribution in [2.45, 2.75) is 97.6 Å². The smallest absolute Gasteiger partial charge is 0.220 e. The highest BCUT2D eigenvalue weighted by Crippen LogP contribution is 2.39. The average Bonchev–Trinajstić information content (AvgIpc) is 4.30. The van der Waals surface area contributed by atoms with Crippen molar-refractivity contribution in [3.05, 3.63) is 24.8 Å². The molecule has 71 heavy (non-hydrogen) atoms. The third-order valence-corrected chi connectivity index (χ3v) is 14.3. The fourth-order valence-electron chi connectivity index (χ4n) is 10.6. The number of amides is 1. The monoisotopic (exact) mass is 971 g/mol. The number of morpholine rings is 2. The van der Waals surface area contributed by atoms with Gasteiger partial charge in [0, 0.05) is 121 Å². The molecule has 4 saturated heterocycles. The van der Waals surface area contributed by atoms with Crippen LogP contribution in [0.15, 0.2) is 24.8 Å². The van der Waals surface area contributed by atoms with Gasteiger partial charge in [0.05, 0.1) is 37.6 Å². The van der Waals surface area contributed by atoms with E-state index in [-0.39, 0.29) is 29.9 Å². The lowest BCUT2D eigenvalue weighted by molar-refractivity contribution is -0.133. The standard InChI is InChI=1S/C25H34N10O2.C23H32N10O/c1-15-12-33(13-16(2)35(15)17(3)36)25-29-20-22(32-6-8-37-9-7-32)30-21(19-10-27-24(26)28-11-19)31-23(20)34(25)14-18-4-5-18;1-14-11-32(12-15(2)27-14)23-28-18-20(31-5-7-34-8-6-31)29-19(17-9-25-22(24)26-10-17)30-21(18)33(23)13-16-3-4-16/h10-11,15-16,18H,4-9,12-14H2,1-3H3,(H2,26,27,28);9-10,14-16,27H,3-8,11-13H2,1-2H3,(H2,24,25,26)/t15-,16+;14-,15+. The molecule has 6 aromatic rings. The number of aromatic nitrogens is 12. The van der Waals surface area contributed by atoms with E-state index in [2.05, 4.69) is 81.7 Å². The molecular formula is C48H66N20O3. The Labute approximate surface area is 412 Å². The van der Waals surface area contributed by atoms with Crippen molar-refractivity contribution in [1.29, 1.82) is 0 Å². The molecule has 0 unspecified atom stereocenters. The minimum atomic E-state index is 0.0859. The molecule has 23 heteroatoms. The van der Waals surface area contributed by atoms with Gasteiger partial charge in [0.25, 0.3) is 0 Å². The number of piperazine rings is 2. The van der Waals surface area contributed by atoms with Crippen LogP contribution in [0.5, 0.6) is 0 Å². The number of imidazole rings is 2. The lowest BCUT2D eigenvalue weighted by Crippen LogP contribution is -2.58. The Bertz CT molecular complexity index is 2830. The average molecular weight is 971 g/mol. The van der Waals surface area contributed by atoms with E-state index in [1.54, 1.807) is 31.7 Å². The lowest BCUT2D eigenvalue weighted by Gasteiger charge is -2.44. The van der Waals surface area contributed by atoms with Crippen molar-refractivity contribution in [2.24, 2.45) is 11.8 Å². The Hall–Kier alpha value is -6.59. The van der Waals surface area contributed by atoms with Gasteiger partial charge in [-0.15, -0.1) is 0 Å². The van der Waals surface area contributed by atoms with Crippen molar-refractivity contribution in [3.8, 4) is 22.8 Å². The first kappa shape index (κ1) is 46.8. The van der Waals surface area contributed by atoms with Gasteiger partial charge in [-0.2, -0.15) is 0 Å². The number of nitrogen functional groups attached to an aromatic ring is 2. The van der Waals surface area contributed by atoms with Gasteiger partial charge in [-0.1, -0.05) is 0 Å². The summed E-state index contributed by atoms with van der Waals surface area (Å²) in [6.45, 7) is 21.0. The van der Waals surface area contributed by atoms with Crippen molar-refractivity contribution in [1.82, 2.24) is 69.2 Å². The molecule has 23 nitrogen and oxygen atoms in total. The van der Waals surface area contributed by atoms with Crippen LogP contribution in [0.4, 0.5) is 35.4 Å². The van der Waals surface area contributed by atoms with E-state index < -0.39 is 0 Å². The minimum Gasteiger partial charge on any atom is -0.378 e. The summed E-state index contributed by atoms with van der Waals surface area (Å²) in [7, 11) is 0. The summed E-state index contributed by atoms with van der Waals surface area (Å²) in [6.07, 6.45) is 11.7. The van der Waals surface area contributed by atoms with Crippen LogP contribution in [0.25, 0.3) is 45.1 Å². The van der Waals surface area contributed by atoms with Crippen LogP contribution in [0.3, 0.4) is 0 Å². The highest BCUT2D eigenvalue weighted by Gasteiger charge is 2.37. The van der Waals surface area contributed by atoms with Crippen molar-refractivity contribution < 1.29 is 14.3 Å². The van der Waals surface area contributed by atoms with Gasteiger partial charge < -0.3 is 50.8 Å². The normalized spacial score (nSPS) is 23.1. The summed E-state index contributed by atoms with van der Waals surface area (Å²) in [5, 5.41) is 3.63. The molecule has 10 heterocycles. The van der Waals surface area contributed by atoms with Gasteiger partial charge in [0.2, 0.25) is 29.7 Å². The zero-order valence-electron chi connectivity index (χ0n) is 41.5. The Morgan fingerprint density at radius 3 is 1.35 bits per heavy atom. The summed E-state index contributed by atoms with van der Waals surface area (Å²) in [5.41, 5.74) is 16.3. The molecule has 5 N–H and O–H groups in total. The number of ether oxygens (including phenoxy) is 2. The number of carbonyl (C=O) groups excluding carboxylic acids is 1. The Morgan fingerprint density at radius 1 is 0.577 bits per heavy atom. The van der Waals surface area contributed by atoms with Gasteiger partial charge in [-0.25, -0.2) is 49.8 Å². The van der Waals surface area contributed by atoms with E-state index in [4.69, 9.17) is 50.8 Å². The number of hydrogen-bond acceptors (Lipinski definition) is 20. The van der Waals surface area contributed by atoms with Crippen LogP contribution < -0.4 is 36.4 Å². The molecule has 1 amide bonds. The summed E-state index contributed by atoms with van der Waals surface area (Å²) < 4.78 is 15.8. The fraction of sp³-hybridized carbons (Fsp3) is 0.604. The number of rotatable bonds is 10. The van der Waals surface area contributed by atoms with E-state index in [1.807, 2.05) is 4.90 Å². The van der Waals surface area contributed by atoms with Crippen LogP contribution in [0, 0.1) is 11.8 Å². The molecule has 12 rings (SSSR count). The van der Waals surface area contributed by atoms with Crippen LogP contribution in [-0.2, 0) is 27.4 Å². The predicted molar refractivity (Wildman–Crippen MR) is 271 cm³/mol. The molecule has 0 bridgehead atoms. The number of nitrogens with two attached hydrogens (primary N) is 2.